The van der Waals surface area contributed by atoms with Crippen LogP contribution in [0.4, 0.5) is 4.39 Å². The molecular weight excluding hydrogens is 459 g/mol. The van der Waals surface area contributed by atoms with Crippen molar-refractivity contribution < 1.29 is 23.9 Å². The third-order valence-corrected chi connectivity index (χ3v) is 5.83. The molecule has 0 radical (unpaired) electrons. The van der Waals surface area contributed by atoms with E-state index in [0.717, 1.165) is 41.9 Å². The van der Waals surface area contributed by atoms with E-state index in [4.69, 9.17) is 14.7 Å². The molecule has 1 aliphatic heterocycles. The number of hydrogen-bond donors (Lipinski definition) is 1. The smallest absolute Gasteiger partial charge is 0.307 e. The summed E-state index contributed by atoms with van der Waals surface area (Å²) < 4.78 is 19.9. The lowest BCUT2D eigenvalue weighted by Crippen LogP contribution is -2.33. The van der Waals surface area contributed by atoms with E-state index in [1.165, 1.54) is 12.1 Å². The summed E-state index contributed by atoms with van der Waals surface area (Å²) in [6.45, 7) is 2.64. The fourth-order valence-electron chi connectivity index (χ4n) is 3.98. The van der Waals surface area contributed by atoms with Crippen LogP contribution in [0.25, 0.3) is 11.1 Å². The summed E-state index contributed by atoms with van der Waals surface area (Å²) in [4.78, 5) is 18.8. The largest absolute Gasteiger partial charge is 0.487 e. The maximum Gasteiger partial charge on any atom is 0.307 e. The molecule has 0 aliphatic carbocycles. The molecular formula is C29H29FN2O4. The van der Waals surface area contributed by atoms with E-state index in [0.29, 0.717) is 6.54 Å². The second kappa shape index (κ2) is 12.7. The van der Waals surface area contributed by atoms with Crippen molar-refractivity contribution in [2.45, 2.75) is 12.8 Å². The molecule has 1 aliphatic rings. The zero-order valence-electron chi connectivity index (χ0n) is 20.0. The predicted molar refractivity (Wildman–Crippen MR) is 138 cm³/mol. The van der Waals surface area contributed by atoms with Crippen LogP contribution >= 0.6 is 0 Å². The summed E-state index contributed by atoms with van der Waals surface area (Å²) in [6, 6.07) is 22.9. The molecule has 0 aromatic heterocycles. The zero-order chi connectivity index (χ0) is 25.2. The number of oxime groups is 1. The minimum Gasteiger partial charge on any atom is -0.487 e. The summed E-state index contributed by atoms with van der Waals surface area (Å²) in [5.41, 5.74) is 4.13. The molecule has 0 saturated heterocycles. The second-order valence-electron chi connectivity index (χ2n) is 8.46. The van der Waals surface area contributed by atoms with E-state index < -0.39 is 18.2 Å². The number of carboxylic acids is 1. The highest BCUT2D eigenvalue weighted by atomic mass is 19.1. The van der Waals surface area contributed by atoms with E-state index in [1.807, 2.05) is 30.3 Å². The van der Waals surface area contributed by atoms with Crippen LogP contribution in [0.5, 0.6) is 5.75 Å². The number of carboxylic acid groups (broad SMARTS) is 1. The summed E-state index contributed by atoms with van der Waals surface area (Å²) in [5.74, 6) is -1.77. The molecule has 1 heterocycles. The van der Waals surface area contributed by atoms with Crippen LogP contribution in [0.2, 0.25) is 0 Å². The Morgan fingerprint density at radius 1 is 0.944 bits per heavy atom. The number of rotatable bonds is 11. The molecule has 4 rings (SSSR count). The van der Waals surface area contributed by atoms with Gasteiger partial charge in [-0.05, 0) is 23.6 Å². The topological polar surface area (TPSA) is 71.4 Å². The average molecular weight is 489 g/mol. The molecule has 186 valence electrons. The van der Waals surface area contributed by atoms with Gasteiger partial charge in [0.15, 0.2) is 18.2 Å². The van der Waals surface area contributed by atoms with Crippen LogP contribution in [0.3, 0.4) is 0 Å². The number of ether oxygens (including phenoxy) is 1. The Balaban J connectivity index is 1.40. The van der Waals surface area contributed by atoms with E-state index in [9.17, 15) is 9.18 Å². The Labute approximate surface area is 210 Å². The minimum atomic E-state index is -1.10. The Morgan fingerprint density at radius 2 is 1.72 bits per heavy atom. The second-order valence-corrected chi connectivity index (χ2v) is 8.46. The first kappa shape index (κ1) is 25.1. The zero-order valence-corrected chi connectivity index (χ0v) is 20.0. The van der Waals surface area contributed by atoms with Crippen molar-refractivity contribution in [2.24, 2.45) is 5.16 Å². The van der Waals surface area contributed by atoms with Gasteiger partial charge in [0.1, 0.15) is 12.3 Å². The van der Waals surface area contributed by atoms with Crippen molar-refractivity contribution in [3.8, 4) is 16.9 Å². The number of aliphatic carboxylic acids is 1. The summed E-state index contributed by atoms with van der Waals surface area (Å²) in [5, 5.41) is 13.3. The van der Waals surface area contributed by atoms with Gasteiger partial charge in [0, 0.05) is 30.8 Å². The monoisotopic (exact) mass is 488 g/mol. The van der Waals surface area contributed by atoms with Crippen LogP contribution in [-0.2, 0) is 16.1 Å². The minimum absolute atomic E-state index is 0.00171. The Kier molecular flexibility index (Phi) is 8.83. The molecule has 36 heavy (non-hydrogen) atoms. The van der Waals surface area contributed by atoms with Crippen molar-refractivity contribution >= 4 is 11.7 Å². The first-order valence-corrected chi connectivity index (χ1v) is 11.9. The van der Waals surface area contributed by atoms with Crippen molar-refractivity contribution in [3.05, 3.63) is 102 Å². The van der Waals surface area contributed by atoms with Gasteiger partial charge in [-0.15, -0.1) is 0 Å². The lowest BCUT2D eigenvalue weighted by molar-refractivity contribution is -0.136. The lowest BCUT2D eigenvalue weighted by Gasteiger charge is -2.23. The molecule has 0 atom stereocenters. The van der Waals surface area contributed by atoms with Gasteiger partial charge < -0.3 is 14.7 Å². The Morgan fingerprint density at radius 3 is 2.44 bits per heavy atom. The third kappa shape index (κ3) is 7.02. The quantitative estimate of drug-likeness (QED) is 0.174. The molecule has 0 bridgehead atoms. The number of nitrogens with zero attached hydrogens (tertiary/aromatic N) is 2. The molecule has 3 aromatic carbocycles. The van der Waals surface area contributed by atoms with Gasteiger partial charge in [0.2, 0.25) is 0 Å². The number of carbonyl (C=O) groups is 1. The van der Waals surface area contributed by atoms with Gasteiger partial charge in [0.25, 0.3) is 0 Å². The van der Waals surface area contributed by atoms with Crippen molar-refractivity contribution in [1.29, 1.82) is 0 Å². The van der Waals surface area contributed by atoms with E-state index in [1.54, 1.807) is 6.07 Å². The normalized spacial score (nSPS) is 14.0. The maximum absolute atomic E-state index is 14.4. The fraction of sp³-hybridized carbons (Fsp3) is 0.241. The van der Waals surface area contributed by atoms with Gasteiger partial charge in [-0.2, -0.15) is 0 Å². The van der Waals surface area contributed by atoms with Crippen molar-refractivity contribution in [3.63, 3.8) is 0 Å². The predicted octanol–water partition coefficient (Wildman–Crippen LogP) is 5.18. The Bertz CT molecular complexity index is 1210. The molecule has 0 amide bonds. The van der Waals surface area contributed by atoms with Gasteiger partial charge >= 0.3 is 5.97 Å². The summed E-state index contributed by atoms with van der Waals surface area (Å²) in [7, 11) is 0. The Hall–Kier alpha value is -3.97. The first-order valence-electron chi connectivity index (χ1n) is 11.9. The lowest BCUT2D eigenvalue weighted by atomic mass is 10.0. The number of benzene rings is 3. The summed E-state index contributed by atoms with van der Waals surface area (Å²) >= 11 is 0. The molecule has 6 nitrogen and oxygen atoms in total. The highest BCUT2D eigenvalue weighted by molar-refractivity contribution is 6.02. The van der Waals surface area contributed by atoms with Gasteiger partial charge in [-0.1, -0.05) is 84.0 Å². The van der Waals surface area contributed by atoms with Gasteiger partial charge in [-0.3, -0.25) is 9.69 Å². The molecule has 0 saturated carbocycles. The van der Waals surface area contributed by atoms with Gasteiger partial charge in [0.05, 0.1) is 6.42 Å². The van der Waals surface area contributed by atoms with Crippen LogP contribution in [-0.4, -0.2) is 54.5 Å². The maximum atomic E-state index is 14.4. The van der Waals surface area contributed by atoms with Crippen molar-refractivity contribution in [1.82, 2.24) is 4.90 Å². The van der Waals surface area contributed by atoms with E-state index in [2.05, 4.69) is 46.5 Å². The standard InChI is InChI=1S/C29H29FN2O4/c30-29-25(20-28(33)34)10-7-11-27(29)35-18-19-36-31-26(21-32-16-5-2-6-17-32)24-14-12-23(13-15-24)22-8-3-1-4-9-22/h1-5,7-15H,6,16-21H2,(H,33,34)/b31-26+. The molecule has 0 spiro atoms. The molecule has 0 unspecified atom stereocenters. The first-order chi connectivity index (χ1) is 17.6. The highest BCUT2D eigenvalue weighted by Crippen LogP contribution is 2.22. The van der Waals surface area contributed by atoms with Crippen LogP contribution < -0.4 is 4.74 Å². The van der Waals surface area contributed by atoms with E-state index >= 15 is 0 Å². The molecule has 7 heteroatoms. The third-order valence-electron chi connectivity index (χ3n) is 5.83. The SMILES string of the molecule is O=C(O)Cc1cccc(OCCO/N=C(\CN2CC=CCC2)c2ccc(-c3ccccc3)cc2)c1F. The van der Waals surface area contributed by atoms with Crippen LogP contribution in [0.15, 0.2) is 90.1 Å². The number of hydrogen-bond acceptors (Lipinski definition) is 5. The van der Waals surface area contributed by atoms with Crippen molar-refractivity contribution in [2.75, 3.05) is 32.8 Å². The van der Waals surface area contributed by atoms with Gasteiger partial charge in [-0.25, -0.2) is 4.39 Å². The molecule has 0 fully saturated rings. The number of halogens is 1. The molecule has 3 aromatic rings. The summed E-state index contributed by atoms with van der Waals surface area (Å²) in [6.07, 6.45) is 4.94. The highest BCUT2D eigenvalue weighted by Gasteiger charge is 2.14. The average Bonchev–Trinajstić information content (AvgIpc) is 2.91. The molecule has 1 N–H and O–H groups in total. The van der Waals surface area contributed by atoms with Crippen LogP contribution in [0, 0.1) is 5.82 Å². The van der Waals surface area contributed by atoms with E-state index in [-0.39, 0.29) is 24.5 Å². The van der Waals surface area contributed by atoms with Crippen LogP contribution in [0.1, 0.15) is 17.5 Å². The fourth-order valence-corrected chi connectivity index (χ4v) is 3.98.